The second kappa shape index (κ2) is 6.68. The van der Waals surface area contributed by atoms with E-state index in [4.69, 9.17) is 16.3 Å². The number of fused-ring (bicyclic) bond motifs is 1. The molecule has 1 atom stereocenters. The lowest BCUT2D eigenvalue weighted by molar-refractivity contribution is -0.287. The maximum Gasteiger partial charge on any atom is 0.423 e. The molecule has 0 aromatic heterocycles. The average Bonchev–Trinajstić information content (AvgIpc) is 3.35. The summed E-state index contributed by atoms with van der Waals surface area (Å²) in [4.78, 5) is 13.4. The molecular weight excluding hydrogens is 357 g/mol. The van der Waals surface area contributed by atoms with Crippen molar-refractivity contribution in [3.63, 3.8) is 0 Å². The highest BCUT2D eigenvalue weighted by molar-refractivity contribution is 6.30. The predicted octanol–water partition coefficient (Wildman–Crippen LogP) is 4.78. The van der Waals surface area contributed by atoms with Crippen molar-refractivity contribution < 1.29 is 22.7 Å². The van der Waals surface area contributed by atoms with Crippen LogP contribution in [-0.4, -0.2) is 36.8 Å². The lowest BCUT2D eigenvalue weighted by Gasteiger charge is -2.38. The Hall–Kier alpha value is -1.47. The van der Waals surface area contributed by atoms with Crippen molar-refractivity contribution in [1.29, 1.82) is 0 Å². The van der Waals surface area contributed by atoms with Crippen molar-refractivity contribution in [2.45, 2.75) is 38.0 Å². The molecule has 3 rings (SSSR count). The molecule has 4 nitrogen and oxygen atoms in total. The normalized spacial score (nSPS) is 23.9. The van der Waals surface area contributed by atoms with Crippen LogP contribution in [0.5, 0.6) is 0 Å². The largest absolute Gasteiger partial charge is 0.423 e. The SMILES string of the molecule is CCN1CC(OCCC2CC2)(C(F)(F)F)c2cc(Cl)ccc2NC1=O. The Balaban J connectivity index is 2.07. The zero-order valence-electron chi connectivity index (χ0n) is 13.8. The summed E-state index contributed by atoms with van der Waals surface area (Å²) in [7, 11) is 0. The van der Waals surface area contributed by atoms with Crippen LogP contribution >= 0.6 is 11.6 Å². The van der Waals surface area contributed by atoms with Gasteiger partial charge in [0, 0.05) is 29.4 Å². The van der Waals surface area contributed by atoms with Crippen LogP contribution < -0.4 is 5.32 Å². The minimum Gasteiger partial charge on any atom is -0.359 e. The number of carbonyl (C=O) groups is 1. The number of amides is 2. The molecule has 1 aromatic rings. The molecular formula is C17H20ClF3N2O2. The van der Waals surface area contributed by atoms with Gasteiger partial charge in [0.05, 0.1) is 6.54 Å². The molecule has 2 amide bonds. The van der Waals surface area contributed by atoms with Gasteiger partial charge in [-0.05, 0) is 37.5 Å². The molecule has 1 heterocycles. The van der Waals surface area contributed by atoms with Gasteiger partial charge in [-0.15, -0.1) is 0 Å². The Morgan fingerprint density at radius 2 is 2.12 bits per heavy atom. The number of carbonyl (C=O) groups excluding carboxylic acids is 1. The van der Waals surface area contributed by atoms with Crippen LogP contribution in [0.15, 0.2) is 18.2 Å². The number of halogens is 4. The fourth-order valence-corrected chi connectivity index (χ4v) is 3.26. The van der Waals surface area contributed by atoms with Gasteiger partial charge >= 0.3 is 12.2 Å². The van der Waals surface area contributed by atoms with Crippen LogP contribution in [-0.2, 0) is 10.3 Å². The summed E-state index contributed by atoms with van der Waals surface area (Å²) < 4.78 is 48.2. The van der Waals surface area contributed by atoms with Gasteiger partial charge in [-0.25, -0.2) is 4.79 Å². The molecule has 0 radical (unpaired) electrons. The minimum absolute atomic E-state index is 0.0120. The summed E-state index contributed by atoms with van der Waals surface area (Å²) in [6, 6.07) is 3.50. The quantitative estimate of drug-likeness (QED) is 0.803. The standard InChI is InChI=1S/C17H20ClF3N2O2/c1-2-23-10-16(17(19,20)21,25-8-7-11-3-4-11)13-9-12(18)5-6-14(13)22-15(23)24/h5-6,9,11H,2-4,7-8,10H2,1H3,(H,22,24). The third-order valence-corrected chi connectivity index (χ3v) is 5.01. The van der Waals surface area contributed by atoms with Gasteiger partial charge in [-0.3, -0.25) is 0 Å². The zero-order valence-corrected chi connectivity index (χ0v) is 14.6. The fourth-order valence-electron chi connectivity index (χ4n) is 3.09. The van der Waals surface area contributed by atoms with Gasteiger partial charge in [0.15, 0.2) is 0 Å². The Morgan fingerprint density at radius 3 is 2.72 bits per heavy atom. The molecule has 2 aliphatic rings. The lowest BCUT2D eigenvalue weighted by Crippen LogP contribution is -2.53. The highest BCUT2D eigenvalue weighted by Crippen LogP contribution is 2.48. The molecule has 0 saturated heterocycles. The third-order valence-electron chi connectivity index (χ3n) is 4.77. The predicted molar refractivity (Wildman–Crippen MR) is 88.7 cm³/mol. The fraction of sp³-hybridized carbons (Fsp3) is 0.588. The molecule has 8 heteroatoms. The molecule has 1 unspecified atom stereocenters. The highest BCUT2D eigenvalue weighted by Gasteiger charge is 2.60. The molecule has 1 fully saturated rings. The Labute approximate surface area is 149 Å². The molecule has 138 valence electrons. The zero-order chi connectivity index (χ0) is 18.2. The lowest BCUT2D eigenvalue weighted by atomic mass is 9.90. The van der Waals surface area contributed by atoms with Crippen molar-refractivity contribution in [3.8, 4) is 0 Å². The van der Waals surface area contributed by atoms with Gasteiger partial charge < -0.3 is 15.0 Å². The van der Waals surface area contributed by atoms with Gasteiger partial charge in [-0.2, -0.15) is 13.2 Å². The molecule has 1 aromatic carbocycles. The molecule has 1 aliphatic carbocycles. The van der Waals surface area contributed by atoms with E-state index in [-0.39, 0.29) is 29.4 Å². The van der Waals surface area contributed by atoms with Crippen LogP contribution in [0.2, 0.25) is 5.02 Å². The first-order valence-electron chi connectivity index (χ1n) is 8.33. The van der Waals surface area contributed by atoms with Gasteiger partial charge in [-0.1, -0.05) is 24.4 Å². The first-order valence-corrected chi connectivity index (χ1v) is 8.71. The number of hydrogen-bond donors (Lipinski definition) is 1. The number of nitrogens with zero attached hydrogens (tertiary/aromatic N) is 1. The molecule has 1 aliphatic heterocycles. The monoisotopic (exact) mass is 376 g/mol. The number of urea groups is 1. The maximum absolute atomic E-state index is 14.2. The maximum atomic E-state index is 14.2. The van der Waals surface area contributed by atoms with Crippen LogP contribution in [0, 0.1) is 5.92 Å². The summed E-state index contributed by atoms with van der Waals surface area (Å²) >= 11 is 5.96. The number of nitrogens with one attached hydrogen (secondary N) is 1. The summed E-state index contributed by atoms with van der Waals surface area (Å²) in [6.45, 7) is 1.16. The number of rotatable bonds is 5. The number of benzene rings is 1. The summed E-state index contributed by atoms with van der Waals surface area (Å²) in [5.74, 6) is 0.442. The van der Waals surface area contributed by atoms with E-state index in [0.717, 1.165) is 17.7 Å². The topological polar surface area (TPSA) is 41.6 Å². The molecule has 25 heavy (non-hydrogen) atoms. The molecule has 0 bridgehead atoms. The molecule has 0 spiro atoms. The van der Waals surface area contributed by atoms with E-state index in [1.165, 1.54) is 18.2 Å². The second-order valence-electron chi connectivity index (χ2n) is 6.54. The van der Waals surface area contributed by atoms with Crippen LogP contribution in [0.1, 0.15) is 31.7 Å². The Morgan fingerprint density at radius 1 is 1.40 bits per heavy atom. The van der Waals surface area contributed by atoms with Crippen molar-refractivity contribution >= 4 is 23.3 Å². The average molecular weight is 377 g/mol. The number of hydrogen-bond acceptors (Lipinski definition) is 2. The van der Waals surface area contributed by atoms with Gasteiger partial charge in [0.25, 0.3) is 0 Å². The van der Waals surface area contributed by atoms with E-state index < -0.39 is 24.4 Å². The third kappa shape index (κ3) is 3.58. The summed E-state index contributed by atoms with van der Waals surface area (Å²) in [5.41, 5.74) is -2.67. The van der Waals surface area contributed by atoms with Crippen LogP contribution in [0.25, 0.3) is 0 Å². The number of likely N-dealkylation sites (N-methyl/N-ethyl adjacent to an activating group) is 1. The van der Waals surface area contributed by atoms with Crippen LogP contribution in [0.3, 0.4) is 0 Å². The van der Waals surface area contributed by atoms with E-state index >= 15 is 0 Å². The Bertz CT molecular complexity index is 664. The van der Waals surface area contributed by atoms with Crippen LogP contribution in [0.4, 0.5) is 23.7 Å². The Kier molecular flexibility index (Phi) is 4.90. The number of anilines is 1. The van der Waals surface area contributed by atoms with E-state index in [1.807, 2.05) is 0 Å². The first-order chi connectivity index (χ1) is 11.8. The smallest absolute Gasteiger partial charge is 0.359 e. The van der Waals surface area contributed by atoms with E-state index in [0.29, 0.717) is 12.3 Å². The minimum atomic E-state index is -4.70. The molecule has 1 N–H and O–H groups in total. The van der Waals surface area contributed by atoms with E-state index in [1.54, 1.807) is 6.92 Å². The van der Waals surface area contributed by atoms with Crippen molar-refractivity contribution in [1.82, 2.24) is 4.90 Å². The van der Waals surface area contributed by atoms with Gasteiger partial charge in [0.1, 0.15) is 0 Å². The van der Waals surface area contributed by atoms with Crippen molar-refractivity contribution in [2.24, 2.45) is 5.92 Å². The van der Waals surface area contributed by atoms with E-state index in [2.05, 4.69) is 5.32 Å². The second-order valence-corrected chi connectivity index (χ2v) is 6.98. The van der Waals surface area contributed by atoms with Crippen molar-refractivity contribution in [2.75, 3.05) is 25.0 Å². The van der Waals surface area contributed by atoms with E-state index in [9.17, 15) is 18.0 Å². The summed E-state index contributed by atoms with van der Waals surface area (Å²) in [5, 5.41) is 2.70. The summed E-state index contributed by atoms with van der Waals surface area (Å²) in [6.07, 6.45) is -2.05. The number of alkyl halides is 3. The number of ether oxygens (including phenoxy) is 1. The van der Waals surface area contributed by atoms with Gasteiger partial charge in [0.2, 0.25) is 5.60 Å². The first kappa shape index (κ1) is 18.3. The molecule has 1 saturated carbocycles. The highest BCUT2D eigenvalue weighted by atomic mass is 35.5. The van der Waals surface area contributed by atoms with Crippen molar-refractivity contribution in [3.05, 3.63) is 28.8 Å².